The molecule has 1 aliphatic heterocycles. The molecule has 0 aliphatic carbocycles. The molecule has 1 fully saturated rings. The minimum Gasteiger partial charge on any atom is -0.397 e. The fourth-order valence-electron chi connectivity index (χ4n) is 3.28. The first-order chi connectivity index (χ1) is 11.5. The normalized spacial score (nSPS) is 18.9. The molecule has 2 aromatic rings. The van der Waals surface area contributed by atoms with Crippen LogP contribution in [0.15, 0.2) is 12.1 Å². The van der Waals surface area contributed by atoms with Gasteiger partial charge in [-0.05, 0) is 31.5 Å². The molecule has 0 unspecified atom stereocenters. The van der Waals surface area contributed by atoms with Gasteiger partial charge < -0.3 is 15.7 Å². The number of likely N-dealkylation sites (tertiary alicyclic amines) is 1. The highest BCUT2D eigenvalue weighted by atomic mass is 32.1. The monoisotopic (exact) mass is 348 g/mol. The van der Waals surface area contributed by atoms with Gasteiger partial charge in [-0.1, -0.05) is 6.42 Å². The number of carbonyl (C=O) groups is 1. The molecule has 3 heterocycles. The number of thiophene rings is 1. The smallest absolute Gasteiger partial charge is 0.265 e. The highest BCUT2D eigenvalue weighted by molar-refractivity contribution is 7.21. The number of carbonyl (C=O) groups excluding carboxylic acids is 1. The lowest BCUT2D eigenvalue weighted by atomic mass is 9.98. The van der Waals surface area contributed by atoms with Crippen LogP contribution in [-0.2, 0) is 0 Å². The Morgan fingerprint density at radius 1 is 1.46 bits per heavy atom. The highest BCUT2D eigenvalue weighted by Crippen LogP contribution is 2.36. The second kappa shape index (κ2) is 7.04. The van der Waals surface area contributed by atoms with E-state index in [2.05, 4.69) is 4.90 Å². The fraction of sp³-hybridized carbons (Fsp3) is 0.529. The second-order valence-electron chi connectivity index (χ2n) is 6.40. The van der Waals surface area contributed by atoms with Crippen LogP contribution in [-0.4, -0.2) is 59.6 Å². The van der Waals surface area contributed by atoms with Crippen molar-refractivity contribution in [3.63, 3.8) is 0 Å². The van der Waals surface area contributed by atoms with Crippen molar-refractivity contribution in [1.82, 2.24) is 14.8 Å². The molecule has 1 atom stereocenters. The van der Waals surface area contributed by atoms with Crippen LogP contribution in [0.4, 0.5) is 5.69 Å². The molecule has 130 valence electrons. The van der Waals surface area contributed by atoms with Crippen LogP contribution in [0.5, 0.6) is 0 Å². The first-order valence-corrected chi connectivity index (χ1v) is 9.10. The van der Waals surface area contributed by atoms with E-state index in [9.17, 15) is 9.90 Å². The molecule has 3 N–H and O–H groups in total. The third-order valence-electron chi connectivity index (χ3n) is 4.56. The zero-order valence-electron chi connectivity index (χ0n) is 14.2. The standard InChI is InChI=1S/C17H24N4O2S/c1-20(2)17(23)15-14(18)11-6-7-12(19-16(11)24-15)13-5-3-4-8-21(13)9-10-22/h6-7,13,22H,3-5,8-10,18H2,1-2H3/t13-/m0/s1. The lowest BCUT2D eigenvalue weighted by Gasteiger charge is -2.34. The van der Waals surface area contributed by atoms with Crippen LogP contribution in [0.2, 0.25) is 0 Å². The predicted molar refractivity (Wildman–Crippen MR) is 97.3 cm³/mol. The van der Waals surface area contributed by atoms with Crippen LogP contribution in [0.3, 0.4) is 0 Å². The van der Waals surface area contributed by atoms with Gasteiger partial charge in [-0.2, -0.15) is 0 Å². The van der Waals surface area contributed by atoms with Gasteiger partial charge >= 0.3 is 0 Å². The summed E-state index contributed by atoms with van der Waals surface area (Å²) in [4.78, 5) is 22.2. The van der Waals surface area contributed by atoms with Crippen LogP contribution < -0.4 is 5.73 Å². The molecule has 3 rings (SSSR count). The molecule has 0 spiro atoms. The van der Waals surface area contributed by atoms with E-state index in [-0.39, 0.29) is 18.6 Å². The van der Waals surface area contributed by atoms with Gasteiger partial charge in [-0.3, -0.25) is 9.69 Å². The largest absolute Gasteiger partial charge is 0.397 e. The van der Waals surface area contributed by atoms with E-state index in [1.807, 2.05) is 12.1 Å². The van der Waals surface area contributed by atoms with Crippen molar-refractivity contribution in [1.29, 1.82) is 0 Å². The summed E-state index contributed by atoms with van der Waals surface area (Å²) in [5.74, 6) is -0.0865. The molecule has 7 heteroatoms. The van der Waals surface area contributed by atoms with E-state index >= 15 is 0 Å². The van der Waals surface area contributed by atoms with E-state index in [0.717, 1.165) is 35.3 Å². The molecule has 1 amide bonds. The number of nitrogens with zero attached hydrogens (tertiary/aromatic N) is 3. The van der Waals surface area contributed by atoms with Gasteiger partial charge in [0.15, 0.2) is 0 Å². The van der Waals surface area contributed by atoms with E-state index in [4.69, 9.17) is 10.7 Å². The Morgan fingerprint density at radius 2 is 2.25 bits per heavy atom. The topological polar surface area (TPSA) is 82.7 Å². The zero-order chi connectivity index (χ0) is 17.3. The van der Waals surface area contributed by atoms with Crippen LogP contribution in [0, 0.1) is 0 Å². The summed E-state index contributed by atoms with van der Waals surface area (Å²) in [5, 5.41) is 10.1. The Bertz CT molecular complexity index is 742. The minimum absolute atomic E-state index is 0.0865. The number of nitrogens with two attached hydrogens (primary N) is 1. The molecule has 0 radical (unpaired) electrons. The number of hydrogen-bond acceptors (Lipinski definition) is 6. The van der Waals surface area contributed by atoms with Gasteiger partial charge in [0.25, 0.3) is 5.91 Å². The molecule has 24 heavy (non-hydrogen) atoms. The third-order valence-corrected chi connectivity index (χ3v) is 5.66. The Balaban J connectivity index is 1.97. The van der Waals surface area contributed by atoms with Crippen LogP contribution in [0.1, 0.15) is 40.7 Å². The number of piperidine rings is 1. The number of aliphatic hydroxyl groups excluding tert-OH is 1. The van der Waals surface area contributed by atoms with Crippen molar-refractivity contribution in [3.8, 4) is 0 Å². The number of fused-ring (bicyclic) bond motifs is 1. The zero-order valence-corrected chi connectivity index (χ0v) is 15.0. The van der Waals surface area contributed by atoms with Crippen molar-refractivity contribution >= 4 is 33.1 Å². The molecule has 0 bridgehead atoms. The summed E-state index contributed by atoms with van der Waals surface area (Å²) in [5.41, 5.74) is 7.68. The summed E-state index contributed by atoms with van der Waals surface area (Å²) in [7, 11) is 3.44. The number of β-amino-alcohol motifs (C(OH)–C–C–N with tert-alkyl or cyclic N) is 1. The van der Waals surface area contributed by atoms with E-state index in [0.29, 0.717) is 17.1 Å². The van der Waals surface area contributed by atoms with Crippen molar-refractivity contribution in [3.05, 3.63) is 22.7 Å². The first kappa shape index (κ1) is 17.1. The number of amides is 1. The SMILES string of the molecule is CN(C)C(=O)c1sc2nc([C@@H]3CCCCN3CCO)ccc2c1N. The summed E-state index contributed by atoms with van der Waals surface area (Å²) in [6.45, 7) is 1.81. The van der Waals surface area contributed by atoms with Crippen molar-refractivity contribution in [2.45, 2.75) is 25.3 Å². The Kier molecular flexibility index (Phi) is 5.03. The molecule has 6 nitrogen and oxygen atoms in total. The highest BCUT2D eigenvalue weighted by Gasteiger charge is 2.26. The average molecular weight is 348 g/mol. The van der Waals surface area contributed by atoms with Gasteiger partial charge in [0.05, 0.1) is 24.0 Å². The summed E-state index contributed by atoms with van der Waals surface area (Å²) in [6.07, 6.45) is 3.37. The number of hydrogen-bond donors (Lipinski definition) is 2. The number of anilines is 1. The molecular formula is C17H24N4O2S. The summed E-state index contributed by atoms with van der Waals surface area (Å²) >= 11 is 1.36. The Hall–Kier alpha value is -1.70. The van der Waals surface area contributed by atoms with Gasteiger partial charge in [0.1, 0.15) is 9.71 Å². The maximum Gasteiger partial charge on any atom is 0.265 e. The van der Waals surface area contributed by atoms with E-state index in [1.165, 1.54) is 22.7 Å². The lowest BCUT2D eigenvalue weighted by molar-refractivity contribution is 0.0833. The quantitative estimate of drug-likeness (QED) is 0.884. The molecule has 0 aromatic carbocycles. The van der Waals surface area contributed by atoms with Crippen LogP contribution in [0.25, 0.3) is 10.2 Å². The van der Waals surface area contributed by atoms with Crippen LogP contribution >= 0.6 is 11.3 Å². The van der Waals surface area contributed by atoms with E-state index < -0.39 is 0 Å². The second-order valence-corrected chi connectivity index (χ2v) is 7.40. The number of aliphatic hydroxyl groups is 1. The summed E-state index contributed by atoms with van der Waals surface area (Å²) < 4.78 is 0. The minimum atomic E-state index is -0.0865. The number of rotatable bonds is 4. The van der Waals surface area contributed by atoms with Crippen molar-refractivity contribution in [2.75, 3.05) is 39.5 Å². The van der Waals surface area contributed by atoms with Gasteiger partial charge in [-0.15, -0.1) is 11.3 Å². The number of nitrogen functional groups attached to an aromatic ring is 1. The number of pyridine rings is 1. The predicted octanol–water partition coefficient (Wildman–Crippen LogP) is 2.10. The number of aromatic nitrogens is 1. The van der Waals surface area contributed by atoms with Gasteiger partial charge in [0, 0.05) is 26.0 Å². The maximum absolute atomic E-state index is 12.3. The maximum atomic E-state index is 12.3. The lowest BCUT2D eigenvalue weighted by Crippen LogP contribution is -2.35. The van der Waals surface area contributed by atoms with E-state index in [1.54, 1.807) is 14.1 Å². The molecule has 1 saturated heterocycles. The van der Waals surface area contributed by atoms with Crippen molar-refractivity contribution < 1.29 is 9.90 Å². The molecule has 0 saturated carbocycles. The summed E-state index contributed by atoms with van der Waals surface area (Å²) in [6, 6.07) is 4.21. The Morgan fingerprint density at radius 3 is 2.96 bits per heavy atom. The molecule has 1 aliphatic rings. The van der Waals surface area contributed by atoms with Gasteiger partial charge in [-0.25, -0.2) is 4.98 Å². The Labute approximate surface area is 145 Å². The first-order valence-electron chi connectivity index (χ1n) is 8.28. The van der Waals surface area contributed by atoms with Crippen molar-refractivity contribution in [2.24, 2.45) is 0 Å². The van der Waals surface area contributed by atoms with Gasteiger partial charge in [0.2, 0.25) is 0 Å². The average Bonchev–Trinajstić information content (AvgIpc) is 2.91. The third kappa shape index (κ3) is 3.11. The fourth-order valence-corrected chi connectivity index (χ4v) is 4.40. The molecular weight excluding hydrogens is 324 g/mol. The molecule has 2 aromatic heterocycles.